The van der Waals surface area contributed by atoms with E-state index in [1.54, 1.807) is 0 Å². The van der Waals surface area contributed by atoms with E-state index >= 15 is 0 Å². The van der Waals surface area contributed by atoms with Gasteiger partial charge in [0, 0.05) is 0 Å². The lowest BCUT2D eigenvalue weighted by Gasteiger charge is -2.22. The number of nitrogens with zero attached hydrogens (tertiary/aromatic N) is 1. The lowest BCUT2D eigenvalue weighted by atomic mass is 10.0. The van der Waals surface area contributed by atoms with Crippen LogP contribution < -0.4 is 0 Å². The van der Waals surface area contributed by atoms with Crippen LogP contribution in [0.1, 0.15) is 19.4 Å². The second-order valence-corrected chi connectivity index (χ2v) is 6.01. The molecule has 0 spiro atoms. The van der Waals surface area contributed by atoms with E-state index in [1.807, 2.05) is 56.3 Å². The van der Waals surface area contributed by atoms with Gasteiger partial charge in [0.05, 0.1) is 12.5 Å². The Labute approximate surface area is 129 Å². The zero-order chi connectivity index (χ0) is 15.7. The summed E-state index contributed by atoms with van der Waals surface area (Å²) in [6.45, 7) is 4.27. The Morgan fingerprint density at radius 1 is 1.23 bits per heavy atom. The van der Waals surface area contributed by atoms with Gasteiger partial charge >= 0.3 is 6.09 Å². The van der Waals surface area contributed by atoms with Crippen LogP contribution in [0.3, 0.4) is 0 Å². The van der Waals surface area contributed by atoms with Crippen molar-refractivity contribution in [1.82, 2.24) is 4.90 Å². The van der Waals surface area contributed by atoms with Gasteiger partial charge in [-0.2, -0.15) is 0 Å². The predicted octanol–water partition coefficient (Wildman–Crippen LogP) is 3.39. The number of hydrogen-bond donors (Lipinski definition) is 0. The summed E-state index contributed by atoms with van der Waals surface area (Å²) in [4.78, 5) is 25.6. The summed E-state index contributed by atoms with van der Waals surface area (Å²) in [5, 5.41) is 2.23. The molecule has 1 atom stereocenters. The molecule has 2 aromatic rings. The van der Waals surface area contributed by atoms with Gasteiger partial charge in [0.15, 0.2) is 0 Å². The molecule has 0 unspecified atom stereocenters. The van der Waals surface area contributed by atoms with Crippen molar-refractivity contribution in [3.8, 4) is 0 Å². The molecule has 4 nitrogen and oxygen atoms in total. The van der Waals surface area contributed by atoms with E-state index in [-0.39, 0.29) is 24.3 Å². The van der Waals surface area contributed by atoms with E-state index in [0.29, 0.717) is 6.61 Å². The van der Waals surface area contributed by atoms with Gasteiger partial charge in [0.1, 0.15) is 6.61 Å². The molecular weight excluding hydrogens is 278 g/mol. The van der Waals surface area contributed by atoms with Crippen LogP contribution in [0.2, 0.25) is 0 Å². The third-order valence-corrected chi connectivity index (χ3v) is 4.11. The number of fused-ring (bicyclic) bond motifs is 1. The highest BCUT2D eigenvalue weighted by atomic mass is 16.6. The SMILES string of the molecule is CC(C)[C@@H]1COC(=O)N1C(=O)Cc1ccc2ccccc2c1. The molecule has 4 heteroatoms. The molecule has 22 heavy (non-hydrogen) atoms. The minimum Gasteiger partial charge on any atom is -0.447 e. The number of ether oxygens (including phenoxy) is 1. The van der Waals surface area contributed by atoms with Crippen molar-refractivity contribution in [2.75, 3.05) is 6.61 Å². The summed E-state index contributed by atoms with van der Waals surface area (Å²) in [7, 11) is 0. The van der Waals surface area contributed by atoms with Gasteiger partial charge in [-0.1, -0.05) is 56.3 Å². The summed E-state index contributed by atoms with van der Waals surface area (Å²) in [5.74, 6) is -0.0107. The van der Waals surface area contributed by atoms with Gasteiger partial charge in [0.2, 0.25) is 5.91 Å². The fourth-order valence-electron chi connectivity index (χ4n) is 2.82. The van der Waals surface area contributed by atoms with Crippen molar-refractivity contribution in [3.63, 3.8) is 0 Å². The second-order valence-electron chi connectivity index (χ2n) is 6.01. The first kappa shape index (κ1) is 14.6. The van der Waals surface area contributed by atoms with E-state index in [9.17, 15) is 9.59 Å². The topological polar surface area (TPSA) is 46.6 Å². The van der Waals surface area contributed by atoms with Gasteiger partial charge in [0.25, 0.3) is 0 Å². The van der Waals surface area contributed by atoms with Crippen LogP contribution in [-0.2, 0) is 16.0 Å². The van der Waals surface area contributed by atoms with Crippen molar-refractivity contribution in [3.05, 3.63) is 48.0 Å². The van der Waals surface area contributed by atoms with E-state index in [1.165, 1.54) is 4.90 Å². The number of benzene rings is 2. The van der Waals surface area contributed by atoms with Crippen LogP contribution in [0.15, 0.2) is 42.5 Å². The highest BCUT2D eigenvalue weighted by Crippen LogP contribution is 2.22. The molecule has 0 bridgehead atoms. The molecule has 1 aliphatic heterocycles. The number of amides is 2. The fourth-order valence-corrected chi connectivity index (χ4v) is 2.82. The number of rotatable bonds is 3. The van der Waals surface area contributed by atoms with Crippen LogP contribution in [0.25, 0.3) is 10.8 Å². The average molecular weight is 297 g/mol. The molecule has 0 saturated carbocycles. The molecule has 1 saturated heterocycles. The minimum absolute atomic E-state index is 0.166. The third kappa shape index (κ3) is 2.69. The first-order valence-electron chi connectivity index (χ1n) is 7.53. The lowest BCUT2D eigenvalue weighted by molar-refractivity contribution is -0.129. The van der Waals surface area contributed by atoms with E-state index in [4.69, 9.17) is 4.74 Å². The lowest BCUT2D eigenvalue weighted by Crippen LogP contribution is -2.42. The van der Waals surface area contributed by atoms with Crippen LogP contribution in [0, 0.1) is 5.92 Å². The van der Waals surface area contributed by atoms with Crippen LogP contribution >= 0.6 is 0 Å². The predicted molar refractivity (Wildman–Crippen MR) is 84.5 cm³/mol. The number of imide groups is 1. The maximum atomic E-state index is 12.5. The molecule has 0 N–H and O–H groups in total. The zero-order valence-electron chi connectivity index (χ0n) is 12.8. The number of cyclic esters (lactones) is 1. The third-order valence-electron chi connectivity index (χ3n) is 4.11. The van der Waals surface area contributed by atoms with Crippen LogP contribution in [0.4, 0.5) is 4.79 Å². The molecular formula is C18H19NO3. The smallest absolute Gasteiger partial charge is 0.416 e. The maximum Gasteiger partial charge on any atom is 0.416 e. The van der Waals surface area contributed by atoms with E-state index in [0.717, 1.165) is 16.3 Å². The van der Waals surface area contributed by atoms with Crippen LogP contribution in [0.5, 0.6) is 0 Å². The molecule has 2 amide bonds. The molecule has 0 aromatic heterocycles. The Kier molecular flexibility index (Phi) is 3.84. The summed E-state index contributed by atoms with van der Waals surface area (Å²) < 4.78 is 5.03. The quantitative estimate of drug-likeness (QED) is 0.872. The van der Waals surface area contributed by atoms with Crippen LogP contribution in [-0.4, -0.2) is 29.5 Å². The van der Waals surface area contributed by atoms with Gasteiger partial charge in [-0.3, -0.25) is 4.79 Å². The summed E-state index contributed by atoms with van der Waals surface area (Å²) in [6, 6.07) is 13.8. The van der Waals surface area contributed by atoms with Crippen molar-refractivity contribution in [2.45, 2.75) is 26.3 Å². The van der Waals surface area contributed by atoms with Gasteiger partial charge in [-0.05, 0) is 22.3 Å². The molecule has 1 heterocycles. The molecule has 3 rings (SSSR count). The van der Waals surface area contributed by atoms with Gasteiger partial charge in [-0.15, -0.1) is 0 Å². The van der Waals surface area contributed by atoms with E-state index < -0.39 is 6.09 Å². The summed E-state index contributed by atoms with van der Waals surface area (Å²) in [6.07, 6.45) is -0.312. The van der Waals surface area contributed by atoms with Crippen molar-refractivity contribution in [2.24, 2.45) is 5.92 Å². The number of carbonyl (C=O) groups excluding carboxylic acids is 2. The Morgan fingerprint density at radius 2 is 1.95 bits per heavy atom. The molecule has 1 fully saturated rings. The fraction of sp³-hybridized carbons (Fsp3) is 0.333. The molecule has 0 radical (unpaired) electrons. The normalized spacial score (nSPS) is 18.0. The molecule has 1 aliphatic rings. The van der Waals surface area contributed by atoms with Crippen molar-refractivity contribution in [1.29, 1.82) is 0 Å². The molecule has 0 aliphatic carbocycles. The molecule has 2 aromatic carbocycles. The minimum atomic E-state index is -0.524. The second kappa shape index (κ2) is 5.79. The maximum absolute atomic E-state index is 12.5. The Balaban J connectivity index is 1.81. The van der Waals surface area contributed by atoms with Crippen molar-refractivity contribution >= 4 is 22.8 Å². The number of carbonyl (C=O) groups is 2. The van der Waals surface area contributed by atoms with Gasteiger partial charge < -0.3 is 4.74 Å². The van der Waals surface area contributed by atoms with Gasteiger partial charge in [-0.25, -0.2) is 9.69 Å². The largest absolute Gasteiger partial charge is 0.447 e. The summed E-state index contributed by atoms with van der Waals surface area (Å²) >= 11 is 0. The van der Waals surface area contributed by atoms with Crippen molar-refractivity contribution < 1.29 is 14.3 Å². The summed E-state index contributed by atoms with van der Waals surface area (Å²) in [5.41, 5.74) is 0.908. The molecule has 114 valence electrons. The monoisotopic (exact) mass is 297 g/mol. The Morgan fingerprint density at radius 3 is 2.68 bits per heavy atom. The number of hydrogen-bond acceptors (Lipinski definition) is 3. The average Bonchev–Trinajstić information content (AvgIpc) is 2.89. The standard InChI is InChI=1S/C18H19NO3/c1-12(2)16-11-22-18(21)19(16)17(20)10-13-7-8-14-5-3-4-6-15(14)9-13/h3-9,12,16H,10-11H2,1-2H3/t16-/m0/s1. The zero-order valence-corrected chi connectivity index (χ0v) is 12.8. The first-order chi connectivity index (χ1) is 10.6. The Bertz CT molecular complexity index is 723. The highest BCUT2D eigenvalue weighted by molar-refractivity contribution is 5.95. The first-order valence-corrected chi connectivity index (χ1v) is 7.53. The highest BCUT2D eigenvalue weighted by Gasteiger charge is 2.39. The van der Waals surface area contributed by atoms with E-state index in [2.05, 4.69) is 0 Å². The Hall–Kier alpha value is -2.36.